The minimum atomic E-state index is 0.126. The van der Waals surface area contributed by atoms with E-state index in [1.54, 1.807) is 0 Å². The van der Waals surface area contributed by atoms with Gasteiger partial charge in [-0.05, 0) is 39.0 Å². The second-order valence-electron chi connectivity index (χ2n) is 7.41. The summed E-state index contributed by atoms with van der Waals surface area (Å²) >= 11 is 0. The van der Waals surface area contributed by atoms with Gasteiger partial charge in [-0.1, -0.05) is 12.8 Å². The Labute approximate surface area is 133 Å². The third-order valence-electron chi connectivity index (χ3n) is 6.12. The molecule has 0 bridgehead atoms. The van der Waals surface area contributed by atoms with Gasteiger partial charge in [-0.25, -0.2) is 0 Å². The number of nitrogens with one attached hydrogen (secondary N) is 1. The van der Waals surface area contributed by atoms with Gasteiger partial charge in [-0.2, -0.15) is 0 Å². The molecule has 1 saturated heterocycles. The van der Waals surface area contributed by atoms with Crippen molar-refractivity contribution in [2.24, 2.45) is 11.7 Å². The predicted molar refractivity (Wildman–Crippen MR) is 86.5 cm³/mol. The van der Waals surface area contributed by atoms with Gasteiger partial charge in [0.25, 0.3) is 0 Å². The Morgan fingerprint density at radius 1 is 1.27 bits per heavy atom. The van der Waals surface area contributed by atoms with Crippen molar-refractivity contribution in [3.05, 3.63) is 0 Å². The number of hydrogen-bond donors (Lipinski definition) is 2. The van der Waals surface area contributed by atoms with E-state index in [1.807, 2.05) is 0 Å². The average molecular weight is 309 g/mol. The van der Waals surface area contributed by atoms with E-state index in [0.717, 1.165) is 45.6 Å². The summed E-state index contributed by atoms with van der Waals surface area (Å²) in [5.74, 6) is 0.348. The predicted octanol–water partition coefficient (Wildman–Crippen LogP) is 1.26. The van der Waals surface area contributed by atoms with Gasteiger partial charge in [0.1, 0.15) is 0 Å². The minimum absolute atomic E-state index is 0.126. The number of morpholine rings is 1. The zero-order chi connectivity index (χ0) is 15.6. The lowest BCUT2D eigenvalue weighted by molar-refractivity contribution is -0.127. The van der Waals surface area contributed by atoms with Crippen LogP contribution in [0.5, 0.6) is 0 Å². The summed E-state index contributed by atoms with van der Waals surface area (Å²) in [7, 11) is 0. The highest BCUT2D eigenvalue weighted by Crippen LogP contribution is 2.39. The molecule has 22 heavy (non-hydrogen) atoms. The second-order valence-corrected chi connectivity index (χ2v) is 7.41. The third kappa shape index (κ3) is 3.17. The Kier molecular flexibility index (Phi) is 5.05. The Morgan fingerprint density at radius 2 is 1.95 bits per heavy atom. The smallest absolute Gasteiger partial charge is 0.223 e. The van der Waals surface area contributed by atoms with Crippen LogP contribution in [0, 0.1) is 5.92 Å². The van der Waals surface area contributed by atoms with Gasteiger partial charge in [0.05, 0.1) is 13.2 Å². The number of carbonyl (C=O) groups excluding carboxylic acids is 1. The zero-order valence-electron chi connectivity index (χ0n) is 13.9. The van der Waals surface area contributed by atoms with Gasteiger partial charge in [0, 0.05) is 36.6 Å². The molecule has 0 spiro atoms. The maximum atomic E-state index is 12.6. The van der Waals surface area contributed by atoms with Gasteiger partial charge >= 0.3 is 0 Å². The van der Waals surface area contributed by atoms with Crippen molar-refractivity contribution in [2.75, 3.05) is 26.3 Å². The summed E-state index contributed by atoms with van der Waals surface area (Å²) in [6, 6.07) is 0.420. The largest absolute Gasteiger partial charge is 0.379 e. The molecule has 5 nitrogen and oxygen atoms in total. The molecule has 126 valence electrons. The van der Waals surface area contributed by atoms with E-state index in [2.05, 4.69) is 17.1 Å². The molecule has 3 N–H and O–H groups in total. The van der Waals surface area contributed by atoms with E-state index in [-0.39, 0.29) is 29.4 Å². The van der Waals surface area contributed by atoms with Crippen LogP contribution in [0.2, 0.25) is 0 Å². The standard InChI is InChI=1S/C17H31N3O2/c1-13(19-16(21)14-4-5-15(18)12-14)17(6-2-3-7-17)20-8-10-22-11-9-20/h13-15H,2-12,18H2,1H3,(H,19,21). The van der Waals surface area contributed by atoms with Crippen LogP contribution in [-0.4, -0.2) is 54.7 Å². The molecule has 0 aromatic carbocycles. The normalized spacial score (nSPS) is 33.7. The molecule has 0 aromatic rings. The topological polar surface area (TPSA) is 67.6 Å². The fraction of sp³-hybridized carbons (Fsp3) is 0.941. The molecule has 0 radical (unpaired) electrons. The molecular formula is C17H31N3O2. The molecule has 5 heteroatoms. The highest BCUT2D eigenvalue weighted by Gasteiger charge is 2.45. The van der Waals surface area contributed by atoms with E-state index in [9.17, 15) is 4.79 Å². The van der Waals surface area contributed by atoms with Crippen LogP contribution in [0.15, 0.2) is 0 Å². The Morgan fingerprint density at radius 3 is 2.55 bits per heavy atom. The van der Waals surface area contributed by atoms with Crippen LogP contribution in [-0.2, 0) is 9.53 Å². The number of carbonyl (C=O) groups is 1. The summed E-state index contributed by atoms with van der Waals surface area (Å²) in [4.78, 5) is 15.2. The molecule has 1 amide bonds. The first-order chi connectivity index (χ1) is 10.6. The maximum absolute atomic E-state index is 12.6. The van der Waals surface area contributed by atoms with E-state index in [4.69, 9.17) is 10.5 Å². The minimum Gasteiger partial charge on any atom is -0.379 e. The van der Waals surface area contributed by atoms with Gasteiger partial charge in [0.2, 0.25) is 5.91 Å². The van der Waals surface area contributed by atoms with E-state index < -0.39 is 0 Å². The molecule has 1 aliphatic heterocycles. The molecule has 3 aliphatic rings. The van der Waals surface area contributed by atoms with Crippen molar-refractivity contribution in [1.82, 2.24) is 10.2 Å². The van der Waals surface area contributed by atoms with Gasteiger partial charge in [0.15, 0.2) is 0 Å². The monoisotopic (exact) mass is 309 g/mol. The first-order valence-corrected chi connectivity index (χ1v) is 9.00. The first-order valence-electron chi connectivity index (χ1n) is 9.00. The molecule has 3 atom stereocenters. The summed E-state index contributed by atoms with van der Waals surface area (Å²) in [6.07, 6.45) is 7.71. The molecule has 3 rings (SSSR count). The molecule has 1 heterocycles. The SMILES string of the molecule is CC(NC(=O)C1CCC(N)C1)C1(N2CCOCC2)CCCC1. The number of nitrogens with zero attached hydrogens (tertiary/aromatic N) is 1. The van der Waals surface area contributed by atoms with E-state index >= 15 is 0 Å². The molecule has 3 fully saturated rings. The zero-order valence-corrected chi connectivity index (χ0v) is 13.9. The molecule has 2 aliphatic carbocycles. The Balaban J connectivity index is 1.64. The summed E-state index contributed by atoms with van der Waals surface area (Å²) in [5, 5.41) is 3.35. The summed E-state index contributed by atoms with van der Waals surface area (Å²) in [6.45, 7) is 5.83. The van der Waals surface area contributed by atoms with Gasteiger partial charge in [-0.15, -0.1) is 0 Å². The van der Waals surface area contributed by atoms with E-state index in [1.165, 1.54) is 25.7 Å². The average Bonchev–Trinajstić information content (AvgIpc) is 3.18. The van der Waals surface area contributed by atoms with Crippen LogP contribution in [0.4, 0.5) is 0 Å². The Hall–Kier alpha value is -0.650. The van der Waals surface area contributed by atoms with Crippen molar-refractivity contribution in [3.63, 3.8) is 0 Å². The lowest BCUT2D eigenvalue weighted by Crippen LogP contribution is -2.62. The summed E-state index contributed by atoms with van der Waals surface area (Å²) < 4.78 is 5.52. The van der Waals surface area contributed by atoms with Crippen LogP contribution in [0.3, 0.4) is 0 Å². The quantitative estimate of drug-likeness (QED) is 0.820. The second kappa shape index (κ2) is 6.85. The van der Waals surface area contributed by atoms with Crippen LogP contribution in [0.25, 0.3) is 0 Å². The number of nitrogens with two attached hydrogens (primary N) is 1. The van der Waals surface area contributed by atoms with Crippen molar-refractivity contribution >= 4 is 5.91 Å². The molecule has 3 unspecified atom stereocenters. The van der Waals surface area contributed by atoms with Crippen molar-refractivity contribution < 1.29 is 9.53 Å². The lowest BCUT2D eigenvalue weighted by Gasteiger charge is -2.47. The highest BCUT2D eigenvalue weighted by atomic mass is 16.5. The number of rotatable bonds is 4. The first kappa shape index (κ1) is 16.2. The van der Waals surface area contributed by atoms with E-state index in [0.29, 0.717) is 0 Å². The molecular weight excluding hydrogens is 278 g/mol. The fourth-order valence-corrected chi connectivity index (χ4v) is 4.74. The fourth-order valence-electron chi connectivity index (χ4n) is 4.74. The van der Waals surface area contributed by atoms with Crippen molar-refractivity contribution in [1.29, 1.82) is 0 Å². The molecule has 2 saturated carbocycles. The van der Waals surface area contributed by atoms with Crippen LogP contribution >= 0.6 is 0 Å². The number of ether oxygens (including phenoxy) is 1. The van der Waals surface area contributed by atoms with Gasteiger partial charge < -0.3 is 15.8 Å². The van der Waals surface area contributed by atoms with Crippen molar-refractivity contribution in [2.45, 2.75) is 69.5 Å². The van der Waals surface area contributed by atoms with Crippen molar-refractivity contribution in [3.8, 4) is 0 Å². The van der Waals surface area contributed by atoms with Crippen LogP contribution < -0.4 is 11.1 Å². The number of amides is 1. The number of hydrogen-bond acceptors (Lipinski definition) is 4. The van der Waals surface area contributed by atoms with Crippen LogP contribution in [0.1, 0.15) is 51.9 Å². The van der Waals surface area contributed by atoms with Gasteiger partial charge in [-0.3, -0.25) is 9.69 Å². The third-order valence-corrected chi connectivity index (χ3v) is 6.12. The lowest BCUT2D eigenvalue weighted by atomic mass is 9.86. The summed E-state index contributed by atoms with van der Waals surface area (Å²) in [5.41, 5.74) is 6.10. The highest BCUT2D eigenvalue weighted by molar-refractivity contribution is 5.79. The Bertz CT molecular complexity index is 389. The maximum Gasteiger partial charge on any atom is 0.223 e. The molecule has 0 aromatic heterocycles.